The maximum atomic E-state index is 13.9. The summed E-state index contributed by atoms with van der Waals surface area (Å²) in [5.41, 5.74) is 1.59. The van der Waals surface area contributed by atoms with E-state index in [0.717, 1.165) is 5.56 Å². The van der Waals surface area contributed by atoms with E-state index in [1.165, 1.54) is 6.07 Å². The number of carbonyl (C=O) groups is 1. The maximum absolute atomic E-state index is 13.9. The van der Waals surface area contributed by atoms with Crippen LogP contribution in [0.3, 0.4) is 0 Å². The number of carbonyl (C=O) groups excluding carboxylic acids is 1. The summed E-state index contributed by atoms with van der Waals surface area (Å²) in [5.74, 6) is 1.06. The largest absolute Gasteiger partial charge is 0.493 e. The minimum Gasteiger partial charge on any atom is -0.493 e. The average Bonchev–Trinajstić information content (AvgIpc) is 3.21. The summed E-state index contributed by atoms with van der Waals surface area (Å²) in [6.45, 7) is 2.18. The Kier molecular flexibility index (Phi) is 5.09. The van der Waals surface area contributed by atoms with Crippen LogP contribution in [0.25, 0.3) is 0 Å². The second-order valence-electron chi connectivity index (χ2n) is 7.09. The van der Waals surface area contributed by atoms with Crippen LogP contribution in [-0.4, -0.2) is 55.3 Å². The van der Waals surface area contributed by atoms with Crippen molar-refractivity contribution in [3.05, 3.63) is 59.4 Å². The summed E-state index contributed by atoms with van der Waals surface area (Å²) in [7, 11) is 3.17. The Hall–Kier alpha value is -2.80. The van der Waals surface area contributed by atoms with Crippen LogP contribution in [0.5, 0.6) is 11.5 Å². The Balaban J connectivity index is 1.46. The number of amides is 1. The van der Waals surface area contributed by atoms with E-state index in [1.54, 1.807) is 31.3 Å². The van der Waals surface area contributed by atoms with Crippen LogP contribution in [0.1, 0.15) is 11.1 Å². The molecule has 2 aromatic carbocycles. The number of ether oxygens (including phenoxy) is 3. The van der Waals surface area contributed by atoms with Gasteiger partial charge in [0.05, 0.1) is 20.3 Å². The monoisotopic (exact) mass is 386 g/mol. The first kappa shape index (κ1) is 18.6. The highest BCUT2D eigenvalue weighted by atomic mass is 19.1. The SMILES string of the molecule is COc1ccc(CN2C(=O)O[C@H]3CN(Cc4ccccc4F)C[C@H]32)cc1OC. The first-order chi connectivity index (χ1) is 13.6. The van der Waals surface area contributed by atoms with E-state index < -0.39 is 0 Å². The van der Waals surface area contributed by atoms with Gasteiger partial charge in [-0.3, -0.25) is 9.80 Å². The highest BCUT2D eigenvalue weighted by Gasteiger charge is 2.47. The summed E-state index contributed by atoms with van der Waals surface area (Å²) in [6.07, 6.45) is -0.505. The molecule has 2 heterocycles. The predicted molar refractivity (Wildman–Crippen MR) is 101 cm³/mol. The summed E-state index contributed by atoms with van der Waals surface area (Å²) in [6, 6.07) is 12.3. The van der Waals surface area contributed by atoms with Gasteiger partial charge >= 0.3 is 6.09 Å². The smallest absolute Gasteiger partial charge is 0.410 e. The van der Waals surface area contributed by atoms with Crippen LogP contribution in [0.15, 0.2) is 42.5 Å². The molecule has 0 aliphatic carbocycles. The Morgan fingerprint density at radius 2 is 1.86 bits per heavy atom. The van der Waals surface area contributed by atoms with Crippen molar-refractivity contribution in [2.24, 2.45) is 0 Å². The normalized spacial score (nSPS) is 21.5. The molecule has 2 fully saturated rings. The van der Waals surface area contributed by atoms with Crippen molar-refractivity contribution in [3.63, 3.8) is 0 Å². The summed E-state index contributed by atoms with van der Waals surface area (Å²) in [5, 5.41) is 0. The molecule has 2 atom stereocenters. The van der Waals surface area contributed by atoms with Crippen molar-refractivity contribution in [2.45, 2.75) is 25.2 Å². The molecule has 2 aliphatic rings. The molecule has 0 radical (unpaired) electrons. The zero-order valence-corrected chi connectivity index (χ0v) is 15.9. The van der Waals surface area contributed by atoms with Gasteiger partial charge in [0.2, 0.25) is 0 Å². The van der Waals surface area contributed by atoms with Crippen molar-refractivity contribution < 1.29 is 23.4 Å². The highest BCUT2D eigenvalue weighted by Crippen LogP contribution is 2.32. The second-order valence-corrected chi connectivity index (χ2v) is 7.09. The first-order valence-corrected chi connectivity index (χ1v) is 9.23. The number of hydrogen-bond acceptors (Lipinski definition) is 5. The lowest BCUT2D eigenvalue weighted by atomic mass is 10.1. The molecule has 0 unspecified atom stereocenters. The molecule has 6 nitrogen and oxygen atoms in total. The molecule has 7 heteroatoms. The van der Waals surface area contributed by atoms with Crippen LogP contribution in [-0.2, 0) is 17.8 Å². The molecule has 0 N–H and O–H groups in total. The Morgan fingerprint density at radius 1 is 1.07 bits per heavy atom. The molecule has 4 rings (SSSR count). The fourth-order valence-corrected chi connectivity index (χ4v) is 3.93. The Morgan fingerprint density at radius 3 is 2.61 bits per heavy atom. The van der Waals surface area contributed by atoms with E-state index >= 15 is 0 Å². The van der Waals surface area contributed by atoms with Crippen LogP contribution in [0.4, 0.5) is 9.18 Å². The molecule has 2 saturated heterocycles. The van der Waals surface area contributed by atoms with Crippen molar-refractivity contribution >= 4 is 6.09 Å². The Bertz CT molecular complexity index is 875. The minimum atomic E-state index is -0.310. The minimum absolute atomic E-state index is 0.0487. The zero-order chi connectivity index (χ0) is 19.7. The summed E-state index contributed by atoms with van der Waals surface area (Å²) >= 11 is 0. The molecule has 0 spiro atoms. The standard InChI is InChI=1S/C21H23FN2O4/c1-26-18-8-7-14(9-19(18)27-2)10-24-17-12-23(13-20(17)28-21(24)25)11-15-5-3-4-6-16(15)22/h3-9,17,20H,10-13H2,1-2H3/t17-,20+/m1/s1. The molecule has 2 aliphatic heterocycles. The van der Waals surface area contributed by atoms with Crippen molar-refractivity contribution in [3.8, 4) is 11.5 Å². The number of fused-ring (bicyclic) bond motifs is 1. The van der Waals surface area contributed by atoms with Crippen LogP contribution < -0.4 is 9.47 Å². The third-order valence-electron chi connectivity index (χ3n) is 5.35. The van der Waals surface area contributed by atoms with E-state index in [9.17, 15) is 9.18 Å². The highest BCUT2D eigenvalue weighted by molar-refractivity contribution is 5.71. The van der Waals surface area contributed by atoms with Crippen molar-refractivity contribution in [2.75, 3.05) is 27.3 Å². The van der Waals surface area contributed by atoms with Gasteiger partial charge in [-0.05, 0) is 23.8 Å². The average molecular weight is 386 g/mol. The van der Waals surface area contributed by atoms with Crippen LogP contribution >= 0.6 is 0 Å². The molecule has 28 heavy (non-hydrogen) atoms. The quantitative estimate of drug-likeness (QED) is 0.764. The van der Waals surface area contributed by atoms with Gasteiger partial charge in [0.1, 0.15) is 11.9 Å². The second kappa shape index (κ2) is 7.67. The molecular formula is C21H23FN2O4. The molecule has 0 saturated carbocycles. The van der Waals surface area contributed by atoms with Gasteiger partial charge in [-0.1, -0.05) is 24.3 Å². The summed E-state index contributed by atoms with van der Waals surface area (Å²) < 4.78 is 30.1. The first-order valence-electron chi connectivity index (χ1n) is 9.23. The fourth-order valence-electron chi connectivity index (χ4n) is 3.93. The lowest BCUT2D eigenvalue weighted by Gasteiger charge is -2.23. The van der Waals surface area contributed by atoms with Gasteiger partial charge in [-0.2, -0.15) is 0 Å². The number of nitrogens with zero attached hydrogens (tertiary/aromatic N) is 2. The van der Waals surface area contributed by atoms with E-state index in [-0.39, 0.29) is 24.1 Å². The number of benzene rings is 2. The summed E-state index contributed by atoms with van der Waals surface area (Å²) in [4.78, 5) is 16.2. The lowest BCUT2D eigenvalue weighted by Crippen LogP contribution is -2.37. The molecular weight excluding hydrogens is 363 g/mol. The third kappa shape index (κ3) is 3.49. The molecule has 148 valence electrons. The number of rotatable bonds is 6. The van der Waals surface area contributed by atoms with E-state index in [4.69, 9.17) is 14.2 Å². The van der Waals surface area contributed by atoms with Gasteiger partial charge in [0.25, 0.3) is 0 Å². The predicted octanol–water partition coefficient (Wildman–Crippen LogP) is 3.05. The van der Waals surface area contributed by atoms with Crippen LogP contribution in [0, 0.1) is 5.82 Å². The third-order valence-corrected chi connectivity index (χ3v) is 5.35. The van der Waals surface area contributed by atoms with Gasteiger partial charge in [-0.15, -0.1) is 0 Å². The van der Waals surface area contributed by atoms with Gasteiger partial charge in [0.15, 0.2) is 11.5 Å². The van der Waals surface area contributed by atoms with E-state index in [2.05, 4.69) is 4.90 Å². The fraction of sp³-hybridized carbons (Fsp3) is 0.381. The van der Waals surface area contributed by atoms with Gasteiger partial charge in [0, 0.05) is 31.7 Å². The molecule has 2 aromatic rings. The molecule has 1 amide bonds. The number of hydrogen-bond donors (Lipinski definition) is 0. The topological polar surface area (TPSA) is 51.2 Å². The van der Waals surface area contributed by atoms with Gasteiger partial charge < -0.3 is 14.2 Å². The molecule has 0 bridgehead atoms. The molecule has 0 aromatic heterocycles. The zero-order valence-electron chi connectivity index (χ0n) is 15.9. The van der Waals surface area contributed by atoms with Crippen molar-refractivity contribution in [1.82, 2.24) is 9.80 Å². The number of methoxy groups -OCH3 is 2. The van der Waals surface area contributed by atoms with E-state index in [1.807, 2.05) is 24.3 Å². The number of halogens is 1. The van der Waals surface area contributed by atoms with Crippen molar-refractivity contribution in [1.29, 1.82) is 0 Å². The van der Waals surface area contributed by atoms with Gasteiger partial charge in [-0.25, -0.2) is 9.18 Å². The van der Waals surface area contributed by atoms with E-state index in [0.29, 0.717) is 43.2 Å². The van der Waals surface area contributed by atoms with Crippen LogP contribution in [0.2, 0.25) is 0 Å². The maximum Gasteiger partial charge on any atom is 0.410 e. The number of likely N-dealkylation sites (tertiary alicyclic amines) is 1. The lowest BCUT2D eigenvalue weighted by molar-refractivity contribution is 0.119. The Labute approximate surface area is 163 Å².